The number of rotatable bonds is 13. The minimum Gasteiger partial charge on any atom is -0.507 e. The highest BCUT2D eigenvalue weighted by Gasteiger charge is 2.34. The Bertz CT molecular complexity index is 1180. The molecule has 2 aromatic carbocycles. The molecule has 0 bridgehead atoms. The zero-order chi connectivity index (χ0) is 27.0. The molecule has 10 nitrogen and oxygen atoms in total. The number of nitrogens with two attached hydrogens (primary N) is 1. The monoisotopic (exact) mass is 524 g/mol. The number of phenols is 1. The van der Waals surface area contributed by atoms with E-state index in [4.69, 9.17) is 20.3 Å². The number of alkyl halides is 3. The van der Waals surface area contributed by atoms with Gasteiger partial charge >= 0.3 is 6.18 Å². The molecule has 0 saturated carbocycles. The Hall–Kier alpha value is -3.81. The second kappa shape index (κ2) is 12.4. The summed E-state index contributed by atoms with van der Waals surface area (Å²) in [7, 11) is 0. The number of primary amides is 1. The van der Waals surface area contributed by atoms with Gasteiger partial charge in [-0.2, -0.15) is 13.2 Å². The molecule has 6 N–H and O–H groups in total. The Morgan fingerprint density at radius 2 is 1.84 bits per heavy atom. The lowest BCUT2D eigenvalue weighted by molar-refractivity contribution is -0.140. The summed E-state index contributed by atoms with van der Waals surface area (Å²) >= 11 is 0. The van der Waals surface area contributed by atoms with Gasteiger partial charge in [-0.1, -0.05) is 0 Å². The maximum atomic E-state index is 13.0. The molecule has 0 saturated heterocycles. The lowest BCUT2D eigenvalue weighted by Gasteiger charge is -2.14. The van der Waals surface area contributed by atoms with Crippen LogP contribution in [0.5, 0.6) is 17.2 Å². The molecule has 1 amide bonds. The van der Waals surface area contributed by atoms with E-state index in [0.29, 0.717) is 23.6 Å². The molecule has 0 fully saturated rings. The average Bonchev–Trinajstić information content (AvgIpc) is 3.28. The van der Waals surface area contributed by atoms with Gasteiger partial charge in [-0.3, -0.25) is 4.79 Å². The Labute approximate surface area is 210 Å². The third kappa shape index (κ3) is 7.84. The van der Waals surface area contributed by atoms with E-state index in [0.717, 1.165) is 6.20 Å². The highest BCUT2D eigenvalue weighted by atomic mass is 19.4. The number of hydrogen-bond acceptors (Lipinski definition) is 8. The average molecular weight is 524 g/mol. The highest BCUT2D eigenvalue weighted by molar-refractivity contribution is 5.95. The number of benzene rings is 2. The number of aliphatic hydroxyl groups is 2. The largest absolute Gasteiger partial charge is 0.507 e. The molecule has 0 spiro atoms. The predicted molar refractivity (Wildman–Crippen MR) is 126 cm³/mol. The number of aliphatic hydroxyl groups excluding tert-OH is 2. The number of imidazole rings is 1. The number of amides is 1. The van der Waals surface area contributed by atoms with E-state index in [1.54, 1.807) is 24.3 Å². The van der Waals surface area contributed by atoms with Crippen LogP contribution in [0.3, 0.4) is 0 Å². The van der Waals surface area contributed by atoms with Gasteiger partial charge in [0.05, 0.1) is 12.2 Å². The summed E-state index contributed by atoms with van der Waals surface area (Å²) in [5.41, 5.74) is 4.49. The van der Waals surface area contributed by atoms with Gasteiger partial charge in [0.2, 0.25) is 0 Å². The van der Waals surface area contributed by atoms with Gasteiger partial charge < -0.3 is 40.4 Å². The van der Waals surface area contributed by atoms with Crippen LogP contribution in [-0.4, -0.2) is 69.8 Å². The van der Waals surface area contributed by atoms with E-state index in [-0.39, 0.29) is 50.0 Å². The Kier molecular flexibility index (Phi) is 9.33. The van der Waals surface area contributed by atoms with E-state index in [2.05, 4.69) is 10.3 Å². The predicted octanol–water partition coefficient (Wildman–Crippen LogP) is 1.77. The Morgan fingerprint density at radius 3 is 2.49 bits per heavy atom. The van der Waals surface area contributed by atoms with Crippen LogP contribution in [0.1, 0.15) is 16.1 Å². The van der Waals surface area contributed by atoms with Crippen LogP contribution in [0.4, 0.5) is 13.2 Å². The zero-order valence-electron chi connectivity index (χ0n) is 19.6. The SMILES string of the molecule is NC(=O)c1cc(OCCNCC(O)COc2ccc(-c3nc(C(F)(F)F)cn3CCO)cc2)ccc1O. The number of carbonyl (C=O) groups excluding carboxylic acids is 1. The highest BCUT2D eigenvalue weighted by Crippen LogP contribution is 2.31. The first-order chi connectivity index (χ1) is 17.6. The van der Waals surface area contributed by atoms with Gasteiger partial charge in [0, 0.05) is 31.4 Å². The fourth-order valence-electron chi connectivity index (χ4n) is 3.32. The van der Waals surface area contributed by atoms with Crippen molar-refractivity contribution >= 4 is 5.91 Å². The van der Waals surface area contributed by atoms with E-state index < -0.39 is 23.9 Å². The van der Waals surface area contributed by atoms with Crippen molar-refractivity contribution in [2.75, 3.05) is 32.9 Å². The molecule has 200 valence electrons. The molecule has 0 aliphatic carbocycles. The maximum Gasteiger partial charge on any atom is 0.434 e. The summed E-state index contributed by atoms with van der Waals surface area (Å²) in [6.07, 6.45) is -4.60. The minimum absolute atomic E-state index is 0.0372. The van der Waals surface area contributed by atoms with Crippen molar-refractivity contribution in [2.45, 2.75) is 18.8 Å². The number of nitrogens with one attached hydrogen (secondary N) is 1. The molecule has 0 radical (unpaired) electrons. The van der Waals surface area contributed by atoms with Crippen molar-refractivity contribution in [1.29, 1.82) is 0 Å². The number of aromatic hydroxyl groups is 1. The van der Waals surface area contributed by atoms with Crippen molar-refractivity contribution in [3.8, 4) is 28.6 Å². The molecule has 1 heterocycles. The quantitative estimate of drug-likeness (QED) is 0.212. The molecule has 1 atom stereocenters. The standard InChI is InChI=1S/C24H27F3N4O6/c25-24(26,27)21-13-31(8-9-32)23(30-21)15-1-3-17(4-2-15)37-14-16(33)12-29-7-10-36-18-5-6-20(34)19(11-18)22(28)35/h1-6,11,13,16,29,32-34H,7-10,12,14H2,(H2,28,35). The van der Waals surface area contributed by atoms with Gasteiger partial charge in [0.25, 0.3) is 5.91 Å². The fourth-order valence-corrected chi connectivity index (χ4v) is 3.32. The Balaban J connectivity index is 1.43. The van der Waals surface area contributed by atoms with E-state index >= 15 is 0 Å². The second-order valence-corrected chi connectivity index (χ2v) is 7.95. The minimum atomic E-state index is -4.60. The first kappa shape index (κ1) is 27.8. The number of halogens is 3. The van der Waals surface area contributed by atoms with E-state index in [1.807, 2.05) is 0 Å². The van der Waals surface area contributed by atoms with Gasteiger partial charge in [-0.15, -0.1) is 0 Å². The van der Waals surface area contributed by atoms with Crippen molar-refractivity contribution in [3.05, 3.63) is 59.9 Å². The zero-order valence-corrected chi connectivity index (χ0v) is 19.6. The van der Waals surface area contributed by atoms with Gasteiger partial charge in [0.15, 0.2) is 5.69 Å². The van der Waals surface area contributed by atoms with Crippen LogP contribution < -0.4 is 20.5 Å². The maximum absolute atomic E-state index is 13.0. The van der Waals surface area contributed by atoms with Crippen LogP contribution in [0.25, 0.3) is 11.4 Å². The van der Waals surface area contributed by atoms with Gasteiger partial charge in [0.1, 0.15) is 42.4 Å². The molecule has 1 unspecified atom stereocenters. The molecule has 0 aliphatic heterocycles. The normalized spacial score (nSPS) is 12.4. The lowest BCUT2D eigenvalue weighted by atomic mass is 10.2. The Morgan fingerprint density at radius 1 is 1.14 bits per heavy atom. The molecule has 1 aromatic heterocycles. The first-order valence-electron chi connectivity index (χ1n) is 11.2. The first-order valence-corrected chi connectivity index (χ1v) is 11.2. The van der Waals surface area contributed by atoms with Crippen LogP contribution >= 0.6 is 0 Å². The van der Waals surface area contributed by atoms with Gasteiger partial charge in [-0.05, 0) is 42.5 Å². The van der Waals surface area contributed by atoms with Crippen molar-refractivity contribution in [2.24, 2.45) is 5.73 Å². The smallest absolute Gasteiger partial charge is 0.434 e. The lowest BCUT2D eigenvalue weighted by Crippen LogP contribution is -2.33. The van der Waals surface area contributed by atoms with Crippen molar-refractivity contribution < 1.29 is 42.8 Å². The van der Waals surface area contributed by atoms with Crippen molar-refractivity contribution in [3.63, 3.8) is 0 Å². The van der Waals surface area contributed by atoms with Crippen LogP contribution in [-0.2, 0) is 12.7 Å². The molecule has 13 heteroatoms. The summed E-state index contributed by atoms with van der Waals surface area (Å²) in [4.78, 5) is 14.9. The number of nitrogens with zero attached hydrogens (tertiary/aromatic N) is 2. The molecular weight excluding hydrogens is 497 g/mol. The molecule has 3 aromatic rings. The number of hydrogen-bond donors (Lipinski definition) is 5. The number of ether oxygens (including phenoxy) is 2. The van der Waals surface area contributed by atoms with Crippen molar-refractivity contribution in [1.82, 2.24) is 14.9 Å². The summed E-state index contributed by atoms with van der Waals surface area (Å²) in [5, 5.41) is 31.8. The summed E-state index contributed by atoms with van der Waals surface area (Å²) in [6.45, 7) is 0.378. The summed E-state index contributed by atoms with van der Waals surface area (Å²) in [6, 6.07) is 10.3. The molecule has 37 heavy (non-hydrogen) atoms. The summed E-state index contributed by atoms with van der Waals surface area (Å²) < 4.78 is 51.3. The molecular formula is C24H27F3N4O6. The number of aromatic nitrogens is 2. The summed E-state index contributed by atoms with van der Waals surface area (Å²) in [5.74, 6) is -0.187. The van der Waals surface area contributed by atoms with Gasteiger partial charge in [-0.25, -0.2) is 4.98 Å². The molecule has 0 aliphatic rings. The third-order valence-corrected chi connectivity index (χ3v) is 5.12. The van der Waals surface area contributed by atoms with Crippen LogP contribution in [0.15, 0.2) is 48.7 Å². The van der Waals surface area contributed by atoms with Crippen LogP contribution in [0.2, 0.25) is 0 Å². The van der Waals surface area contributed by atoms with Crippen LogP contribution in [0, 0.1) is 0 Å². The fraction of sp³-hybridized carbons (Fsp3) is 0.333. The topological polar surface area (TPSA) is 152 Å². The number of carbonyl (C=O) groups is 1. The molecule has 3 rings (SSSR count). The van der Waals surface area contributed by atoms with E-state index in [1.165, 1.54) is 22.8 Å². The third-order valence-electron chi connectivity index (χ3n) is 5.12. The van der Waals surface area contributed by atoms with E-state index in [9.17, 15) is 28.2 Å². The second-order valence-electron chi connectivity index (χ2n) is 7.95.